The van der Waals surface area contributed by atoms with Crippen molar-refractivity contribution < 1.29 is 32.6 Å². The molecule has 0 spiro atoms. The van der Waals surface area contributed by atoms with Gasteiger partial charge in [-0.1, -0.05) is 25.1 Å². The van der Waals surface area contributed by atoms with E-state index in [4.69, 9.17) is 5.14 Å². The molecule has 3 aliphatic rings. The Kier molecular flexibility index (Phi) is 7.28. The van der Waals surface area contributed by atoms with Gasteiger partial charge in [-0.25, -0.2) is 19.0 Å². The molecule has 0 unspecified atom stereocenters. The predicted molar refractivity (Wildman–Crippen MR) is 127 cm³/mol. The molecule has 2 saturated heterocycles. The van der Waals surface area contributed by atoms with Gasteiger partial charge in [0, 0.05) is 47.3 Å². The van der Waals surface area contributed by atoms with Crippen molar-refractivity contribution in [3.63, 3.8) is 0 Å². The van der Waals surface area contributed by atoms with E-state index >= 15 is 0 Å². The van der Waals surface area contributed by atoms with Crippen LogP contribution in [-0.2, 0) is 26.3 Å². The van der Waals surface area contributed by atoms with Crippen LogP contribution in [0.2, 0.25) is 0 Å². The summed E-state index contributed by atoms with van der Waals surface area (Å²) in [4.78, 5) is 28.5. The molecular weight excluding hydrogens is 499 g/mol. The second-order valence-corrected chi connectivity index (χ2v) is 12.0. The number of carbonyl (C=O) groups is 2. The van der Waals surface area contributed by atoms with Gasteiger partial charge in [-0.15, -0.1) is 11.8 Å². The molecule has 4 rings (SSSR count). The Morgan fingerprint density at radius 1 is 1.37 bits per heavy atom. The number of nitrogens with zero attached hydrogens (tertiary/aromatic N) is 2. The SMILES string of the molecule is C[C@@H](O)[C@H]1C(=O)N2C(C(=O)O)=C(S[C@H]3C[C@@H](CNS(N)(=O)=O)N(Cc4ccccc4F)C3)[C@H](C)[C@H]12. The smallest absolute Gasteiger partial charge is 0.353 e. The molecule has 2 fully saturated rings. The van der Waals surface area contributed by atoms with Crippen LogP contribution in [0.25, 0.3) is 0 Å². The summed E-state index contributed by atoms with van der Waals surface area (Å²) in [5, 5.41) is 24.9. The van der Waals surface area contributed by atoms with Crippen molar-refractivity contribution in [3.8, 4) is 0 Å². The number of rotatable bonds is 9. The number of aliphatic carboxylic acids is 1. The topological polar surface area (TPSA) is 153 Å². The van der Waals surface area contributed by atoms with E-state index in [1.165, 1.54) is 29.7 Å². The van der Waals surface area contributed by atoms with Crippen molar-refractivity contribution in [2.45, 2.75) is 50.3 Å². The number of carbonyl (C=O) groups excluding carboxylic acids is 1. The normalized spacial score (nSPS) is 29.9. The third-order valence-corrected chi connectivity index (χ3v) is 9.01. The van der Waals surface area contributed by atoms with E-state index in [9.17, 15) is 32.6 Å². The van der Waals surface area contributed by atoms with Crippen LogP contribution in [-0.4, -0.2) is 76.8 Å². The number of β-lactam (4-membered cyclic amide) rings is 1. The first-order valence-electron chi connectivity index (χ1n) is 11.3. The maximum Gasteiger partial charge on any atom is 0.353 e. The Morgan fingerprint density at radius 2 is 2.06 bits per heavy atom. The van der Waals surface area contributed by atoms with Gasteiger partial charge in [0.25, 0.3) is 10.2 Å². The minimum absolute atomic E-state index is 0.0298. The lowest BCUT2D eigenvalue weighted by Crippen LogP contribution is -2.63. The third-order valence-electron chi connectivity index (χ3n) is 6.95. The zero-order valence-electron chi connectivity index (χ0n) is 19.3. The fourth-order valence-electron chi connectivity index (χ4n) is 5.35. The molecule has 10 nitrogen and oxygen atoms in total. The highest BCUT2D eigenvalue weighted by atomic mass is 32.2. The molecule has 1 aromatic rings. The quantitative estimate of drug-likeness (QED) is 0.337. The van der Waals surface area contributed by atoms with Gasteiger partial charge in [-0.05, 0) is 19.4 Å². The highest BCUT2D eigenvalue weighted by molar-refractivity contribution is 8.03. The summed E-state index contributed by atoms with van der Waals surface area (Å²) in [6.07, 6.45) is -0.384. The molecule has 0 aliphatic carbocycles. The summed E-state index contributed by atoms with van der Waals surface area (Å²) >= 11 is 1.36. The Balaban J connectivity index is 1.56. The van der Waals surface area contributed by atoms with Gasteiger partial charge in [0.1, 0.15) is 11.5 Å². The van der Waals surface area contributed by atoms with Crippen LogP contribution in [0.1, 0.15) is 25.8 Å². The molecule has 3 heterocycles. The van der Waals surface area contributed by atoms with Crippen LogP contribution in [0.4, 0.5) is 4.39 Å². The summed E-state index contributed by atoms with van der Waals surface area (Å²) in [6.45, 7) is 4.11. The lowest BCUT2D eigenvalue weighted by molar-refractivity contribution is -0.163. The van der Waals surface area contributed by atoms with E-state index < -0.39 is 40.1 Å². The summed E-state index contributed by atoms with van der Waals surface area (Å²) in [5.41, 5.74) is 0.411. The van der Waals surface area contributed by atoms with Gasteiger partial charge >= 0.3 is 5.97 Å². The molecule has 6 atom stereocenters. The molecule has 192 valence electrons. The highest BCUT2D eigenvalue weighted by Crippen LogP contribution is 2.52. The van der Waals surface area contributed by atoms with Gasteiger partial charge in [0.15, 0.2) is 0 Å². The molecule has 1 aromatic carbocycles. The maximum atomic E-state index is 14.3. The molecule has 0 aromatic heterocycles. The highest BCUT2D eigenvalue weighted by Gasteiger charge is 2.60. The zero-order valence-corrected chi connectivity index (χ0v) is 20.9. The first-order valence-corrected chi connectivity index (χ1v) is 13.7. The van der Waals surface area contributed by atoms with E-state index in [0.29, 0.717) is 23.4 Å². The number of likely N-dealkylation sites (tertiary alicyclic amines) is 1. The molecule has 1 amide bonds. The van der Waals surface area contributed by atoms with Crippen molar-refractivity contribution in [2.75, 3.05) is 13.1 Å². The average Bonchev–Trinajstić information content (AvgIpc) is 3.24. The Morgan fingerprint density at radius 3 is 2.66 bits per heavy atom. The van der Waals surface area contributed by atoms with Gasteiger partial charge in [-0.3, -0.25) is 9.69 Å². The number of carboxylic acid groups (broad SMARTS) is 1. The van der Waals surface area contributed by atoms with E-state index in [2.05, 4.69) is 4.72 Å². The Labute approximate surface area is 207 Å². The van der Waals surface area contributed by atoms with E-state index in [0.717, 1.165) is 0 Å². The summed E-state index contributed by atoms with van der Waals surface area (Å²) < 4.78 is 39.6. The largest absolute Gasteiger partial charge is 0.477 e. The molecule has 35 heavy (non-hydrogen) atoms. The number of hydrogen-bond acceptors (Lipinski definition) is 7. The number of halogens is 1. The molecule has 5 N–H and O–H groups in total. The third kappa shape index (κ3) is 5.11. The van der Waals surface area contributed by atoms with Crippen LogP contribution < -0.4 is 9.86 Å². The van der Waals surface area contributed by atoms with Crippen molar-refractivity contribution >= 4 is 33.8 Å². The lowest BCUT2D eigenvalue weighted by atomic mass is 9.79. The van der Waals surface area contributed by atoms with E-state index in [-0.39, 0.29) is 41.8 Å². The number of nitrogens with one attached hydrogen (secondary N) is 1. The molecule has 3 aliphatic heterocycles. The fraction of sp³-hybridized carbons (Fsp3) is 0.545. The minimum Gasteiger partial charge on any atom is -0.477 e. The van der Waals surface area contributed by atoms with Crippen LogP contribution in [0.15, 0.2) is 34.9 Å². The van der Waals surface area contributed by atoms with Crippen molar-refractivity contribution in [2.24, 2.45) is 17.0 Å². The van der Waals surface area contributed by atoms with Gasteiger partial charge in [0.2, 0.25) is 5.91 Å². The summed E-state index contributed by atoms with van der Waals surface area (Å²) in [7, 11) is -3.92. The Bertz CT molecular complexity index is 1160. The molecular formula is C22H29FN4O6S2. The summed E-state index contributed by atoms with van der Waals surface area (Å²) in [6, 6.07) is 5.64. The van der Waals surface area contributed by atoms with Crippen molar-refractivity contribution in [3.05, 3.63) is 46.2 Å². The standard InChI is InChI=1S/C22H29FN4O6S2/c1-11-18-17(12(2)28)21(29)27(18)19(22(30)31)20(11)34-15-7-14(8-25-35(24,32)33)26(10-15)9-13-5-3-4-6-16(13)23/h3-6,11-12,14-15,17-18,25,28H,7-10H2,1-2H3,(H,30,31)(H2,24,32,33)/t11-,12-,14+,15+,17-,18-/m1/s1. The number of fused-ring (bicyclic) bond motifs is 1. The van der Waals surface area contributed by atoms with E-state index in [1.807, 2.05) is 11.8 Å². The number of nitrogens with two attached hydrogens (primary N) is 1. The van der Waals surface area contributed by atoms with Gasteiger partial charge in [-0.2, -0.15) is 8.42 Å². The fourth-order valence-corrected chi connectivity index (χ4v) is 7.36. The predicted octanol–water partition coefficient (Wildman–Crippen LogP) is 0.449. The first kappa shape index (κ1) is 26.0. The first-order chi connectivity index (χ1) is 16.4. The second-order valence-electron chi connectivity index (χ2n) is 9.32. The number of benzene rings is 1. The van der Waals surface area contributed by atoms with E-state index in [1.54, 1.807) is 18.2 Å². The maximum absolute atomic E-state index is 14.3. The number of amides is 1. The van der Waals surface area contributed by atoms with Crippen LogP contribution in [0.3, 0.4) is 0 Å². The monoisotopic (exact) mass is 528 g/mol. The number of carboxylic acids is 1. The molecule has 0 bridgehead atoms. The van der Waals surface area contributed by atoms with Gasteiger partial charge in [0.05, 0.1) is 18.1 Å². The second kappa shape index (κ2) is 9.79. The zero-order chi connectivity index (χ0) is 25.7. The molecule has 13 heteroatoms. The molecule has 0 saturated carbocycles. The number of thioether (sulfide) groups is 1. The lowest BCUT2D eigenvalue weighted by Gasteiger charge is -2.46. The van der Waals surface area contributed by atoms with Crippen molar-refractivity contribution in [1.29, 1.82) is 0 Å². The summed E-state index contributed by atoms with van der Waals surface area (Å²) in [5.74, 6) is -2.88. The van der Waals surface area contributed by atoms with Crippen LogP contribution >= 0.6 is 11.8 Å². The molecule has 0 radical (unpaired) electrons. The Hall–Kier alpha value is -2.03. The average molecular weight is 529 g/mol. The number of aliphatic hydroxyl groups excluding tert-OH is 1. The van der Waals surface area contributed by atoms with Crippen LogP contribution in [0.5, 0.6) is 0 Å². The van der Waals surface area contributed by atoms with Crippen molar-refractivity contribution in [1.82, 2.24) is 14.5 Å². The van der Waals surface area contributed by atoms with Gasteiger partial charge < -0.3 is 15.1 Å². The van der Waals surface area contributed by atoms with Crippen LogP contribution in [0, 0.1) is 17.7 Å². The number of aliphatic hydroxyl groups is 1. The minimum atomic E-state index is -3.92. The number of hydrogen-bond donors (Lipinski definition) is 4.